The molecule has 4 nitrogen and oxygen atoms in total. The molecular weight excluding hydrogens is 264 g/mol. The Balaban J connectivity index is 2.33. The molecule has 1 rings (SSSR count). The van der Waals surface area contributed by atoms with Crippen LogP contribution in [0.5, 0.6) is 0 Å². The van der Waals surface area contributed by atoms with Crippen LogP contribution in [0, 0.1) is 5.92 Å². The van der Waals surface area contributed by atoms with E-state index in [9.17, 15) is 4.79 Å². The lowest BCUT2D eigenvalue weighted by Crippen LogP contribution is -2.20. The number of benzene rings is 1. The fourth-order valence-corrected chi connectivity index (χ4v) is 1.87. The van der Waals surface area contributed by atoms with Gasteiger partial charge in [-0.2, -0.15) is 0 Å². The summed E-state index contributed by atoms with van der Waals surface area (Å²) in [6.07, 6.45) is 2.23. The fourth-order valence-electron chi connectivity index (χ4n) is 1.75. The lowest BCUT2D eigenvalue weighted by molar-refractivity contribution is -0.121. The lowest BCUT2D eigenvalue weighted by Gasteiger charge is -2.11. The monoisotopic (exact) mass is 284 g/mol. The third-order valence-electron chi connectivity index (χ3n) is 2.70. The van der Waals surface area contributed by atoms with Crippen molar-refractivity contribution in [2.75, 3.05) is 24.3 Å². The van der Waals surface area contributed by atoms with Crippen molar-refractivity contribution in [3.63, 3.8) is 0 Å². The maximum absolute atomic E-state index is 11.6. The second-order valence-corrected chi connectivity index (χ2v) is 5.10. The Labute approximate surface area is 119 Å². The van der Waals surface area contributed by atoms with Crippen LogP contribution in [-0.2, 0) is 9.53 Å². The zero-order valence-corrected chi connectivity index (χ0v) is 12.2. The van der Waals surface area contributed by atoms with Gasteiger partial charge < -0.3 is 15.8 Å². The van der Waals surface area contributed by atoms with E-state index in [2.05, 4.69) is 19.2 Å². The molecule has 5 heteroatoms. The molecule has 1 aromatic carbocycles. The van der Waals surface area contributed by atoms with Gasteiger partial charge in [0.2, 0.25) is 5.91 Å². The number of ether oxygens (including phenoxy) is 1. The van der Waals surface area contributed by atoms with Crippen molar-refractivity contribution in [3.05, 3.63) is 23.2 Å². The molecule has 19 heavy (non-hydrogen) atoms. The Morgan fingerprint density at radius 1 is 1.53 bits per heavy atom. The lowest BCUT2D eigenvalue weighted by atomic mass is 10.1. The molecule has 0 fully saturated rings. The number of nitrogen functional groups attached to an aromatic ring is 1. The summed E-state index contributed by atoms with van der Waals surface area (Å²) in [6, 6.07) is 4.98. The van der Waals surface area contributed by atoms with Crippen LogP contribution in [0.2, 0.25) is 5.02 Å². The quantitative estimate of drug-likeness (QED) is 0.755. The summed E-state index contributed by atoms with van der Waals surface area (Å²) in [5.74, 6) is 0.286. The number of rotatable bonds is 7. The predicted molar refractivity (Wildman–Crippen MR) is 79.4 cm³/mol. The molecule has 0 aliphatic carbocycles. The first kappa shape index (κ1) is 15.8. The molecule has 0 radical (unpaired) electrons. The number of nitrogens with two attached hydrogens (primary N) is 1. The number of nitrogens with one attached hydrogen (secondary N) is 1. The molecule has 0 bridgehead atoms. The largest absolute Gasteiger partial charge is 0.397 e. The van der Waals surface area contributed by atoms with Crippen molar-refractivity contribution in [1.82, 2.24) is 0 Å². The summed E-state index contributed by atoms with van der Waals surface area (Å²) in [6.45, 7) is 4.90. The van der Waals surface area contributed by atoms with E-state index in [1.54, 1.807) is 18.2 Å². The van der Waals surface area contributed by atoms with E-state index in [0.717, 1.165) is 12.8 Å². The summed E-state index contributed by atoms with van der Waals surface area (Å²) >= 11 is 5.80. The van der Waals surface area contributed by atoms with Crippen LogP contribution < -0.4 is 11.1 Å². The Bertz CT molecular complexity index is 424. The van der Waals surface area contributed by atoms with Gasteiger partial charge in [-0.05, 0) is 30.5 Å². The van der Waals surface area contributed by atoms with Gasteiger partial charge in [-0.25, -0.2) is 0 Å². The van der Waals surface area contributed by atoms with Crippen molar-refractivity contribution >= 4 is 28.9 Å². The highest BCUT2D eigenvalue weighted by Gasteiger charge is 2.06. The van der Waals surface area contributed by atoms with Crippen LogP contribution in [0.3, 0.4) is 0 Å². The molecule has 0 heterocycles. The summed E-state index contributed by atoms with van der Waals surface area (Å²) in [5, 5.41) is 3.19. The highest BCUT2D eigenvalue weighted by Crippen LogP contribution is 2.22. The van der Waals surface area contributed by atoms with Gasteiger partial charge in [0.25, 0.3) is 0 Å². The second kappa shape index (κ2) is 8.02. The van der Waals surface area contributed by atoms with Crippen molar-refractivity contribution in [3.8, 4) is 0 Å². The molecule has 1 unspecified atom stereocenters. The first-order valence-corrected chi connectivity index (χ1v) is 6.83. The third-order valence-corrected chi connectivity index (χ3v) is 3.04. The highest BCUT2D eigenvalue weighted by atomic mass is 35.5. The number of carbonyl (C=O) groups is 1. The molecule has 0 aromatic heterocycles. The number of hydrogen-bond acceptors (Lipinski definition) is 3. The van der Waals surface area contributed by atoms with E-state index in [0.29, 0.717) is 28.9 Å². The maximum Gasteiger partial charge on any atom is 0.250 e. The number of amides is 1. The Morgan fingerprint density at radius 2 is 2.26 bits per heavy atom. The number of halogens is 1. The van der Waals surface area contributed by atoms with E-state index in [1.165, 1.54) is 0 Å². The molecule has 0 spiro atoms. The molecule has 1 atom stereocenters. The van der Waals surface area contributed by atoms with Gasteiger partial charge in [0.15, 0.2) is 0 Å². The zero-order valence-electron chi connectivity index (χ0n) is 11.4. The van der Waals surface area contributed by atoms with Gasteiger partial charge in [0, 0.05) is 12.3 Å². The summed E-state index contributed by atoms with van der Waals surface area (Å²) in [5.41, 5.74) is 6.72. The number of carbonyl (C=O) groups excluding carboxylic acids is 1. The van der Waals surface area contributed by atoms with Crippen LogP contribution >= 0.6 is 11.6 Å². The standard InChI is InChI=1S/C14H21ClN2O2/c1-3-4-10(2)8-19-9-14(18)17-11-5-6-12(15)13(16)7-11/h5-7,10H,3-4,8-9,16H2,1-2H3,(H,17,18). The summed E-state index contributed by atoms with van der Waals surface area (Å²) in [4.78, 5) is 11.6. The normalized spacial score (nSPS) is 12.2. The summed E-state index contributed by atoms with van der Waals surface area (Å²) < 4.78 is 5.37. The Kier molecular flexibility index (Phi) is 6.67. The molecule has 0 saturated heterocycles. The van der Waals surface area contributed by atoms with Gasteiger partial charge in [0.1, 0.15) is 6.61 Å². The molecular formula is C14H21ClN2O2. The van der Waals surface area contributed by atoms with Gasteiger partial charge in [-0.3, -0.25) is 4.79 Å². The molecule has 0 saturated carbocycles. The van der Waals surface area contributed by atoms with E-state index in [1.807, 2.05) is 0 Å². The van der Waals surface area contributed by atoms with Crippen molar-refractivity contribution in [2.45, 2.75) is 26.7 Å². The molecule has 3 N–H and O–H groups in total. The van der Waals surface area contributed by atoms with Crippen LogP contribution in [0.15, 0.2) is 18.2 Å². The van der Waals surface area contributed by atoms with Crippen molar-refractivity contribution in [1.29, 1.82) is 0 Å². The predicted octanol–water partition coefficient (Wildman–Crippen LogP) is 3.31. The van der Waals surface area contributed by atoms with Crippen LogP contribution in [-0.4, -0.2) is 19.1 Å². The first-order chi connectivity index (χ1) is 9.02. The highest BCUT2D eigenvalue weighted by molar-refractivity contribution is 6.33. The van der Waals surface area contributed by atoms with E-state index >= 15 is 0 Å². The van der Waals surface area contributed by atoms with Gasteiger partial charge in [0.05, 0.1) is 10.7 Å². The minimum Gasteiger partial charge on any atom is -0.397 e. The summed E-state index contributed by atoms with van der Waals surface area (Å²) in [7, 11) is 0. The molecule has 1 aromatic rings. The van der Waals surface area contributed by atoms with E-state index < -0.39 is 0 Å². The minimum absolute atomic E-state index is 0.0522. The van der Waals surface area contributed by atoms with E-state index in [4.69, 9.17) is 22.1 Å². The fraction of sp³-hybridized carbons (Fsp3) is 0.500. The Hall–Kier alpha value is -1.26. The van der Waals surface area contributed by atoms with Crippen LogP contribution in [0.25, 0.3) is 0 Å². The Morgan fingerprint density at radius 3 is 2.89 bits per heavy atom. The maximum atomic E-state index is 11.6. The van der Waals surface area contributed by atoms with Gasteiger partial charge in [-0.1, -0.05) is 31.9 Å². The number of hydrogen-bond donors (Lipinski definition) is 2. The van der Waals surface area contributed by atoms with Crippen LogP contribution in [0.1, 0.15) is 26.7 Å². The first-order valence-electron chi connectivity index (χ1n) is 6.45. The minimum atomic E-state index is -0.189. The van der Waals surface area contributed by atoms with Gasteiger partial charge >= 0.3 is 0 Å². The van der Waals surface area contributed by atoms with Gasteiger partial charge in [-0.15, -0.1) is 0 Å². The molecule has 0 aliphatic heterocycles. The van der Waals surface area contributed by atoms with E-state index in [-0.39, 0.29) is 12.5 Å². The van der Waals surface area contributed by atoms with Crippen molar-refractivity contribution < 1.29 is 9.53 Å². The SMILES string of the molecule is CCCC(C)COCC(=O)Nc1ccc(Cl)c(N)c1. The van der Waals surface area contributed by atoms with Crippen LogP contribution in [0.4, 0.5) is 11.4 Å². The number of anilines is 2. The average molecular weight is 285 g/mol. The molecule has 106 valence electrons. The smallest absolute Gasteiger partial charge is 0.250 e. The third kappa shape index (κ3) is 5.94. The van der Waals surface area contributed by atoms with Crippen molar-refractivity contribution in [2.24, 2.45) is 5.92 Å². The molecule has 1 amide bonds. The topological polar surface area (TPSA) is 64.3 Å². The molecule has 0 aliphatic rings. The second-order valence-electron chi connectivity index (χ2n) is 4.69. The average Bonchev–Trinajstić information content (AvgIpc) is 2.34. The zero-order chi connectivity index (χ0) is 14.3.